The molecule has 6 nitrogen and oxygen atoms in total. The summed E-state index contributed by atoms with van der Waals surface area (Å²) in [5.41, 5.74) is 1.77. The zero-order chi connectivity index (χ0) is 18.6. The number of carbonyl (C=O) groups is 2. The highest BCUT2D eigenvalue weighted by molar-refractivity contribution is 6.32. The number of imide groups is 1. The van der Waals surface area contributed by atoms with E-state index >= 15 is 0 Å². The first-order chi connectivity index (χ1) is 13.1. The van der Waals surface area contributed by atoms with E-state index in [0.717, 1.165) is 23.1 Å². The molecule has 138 valence electrons. The number of rotatable bonds is 2. The van der Waals surface area contributed by atoms with E-state index in [4.69, 9.17) is 21.1 Å². The van der Waals surface area contributed by atoms with Crippen molar-refractivity contribution in [1.29, 1.82) is 0 Å². The molecule has 1 fully saturated rings. The average Bonchev–Trinajstić information content (AvgIpc) is 3.16. The number of carbonyl (C=O) groups excluding carboxylic acids is 2. The van der Waals surface area contributed by atoms with Crippen LogP contribution in [0.2, 0.25) is 5.02 Å². The molecule has 2 aliphatic heterocycles. The van der Waals surface area contributed by atoms with Crippen LogP contribution in [0, 0.1) is 0 Å². The minimum absolute atomic E-state index is 0.130. The first kappa shape index (κ1) is 16.4. The van der Waals surface area contributed by atoms with Crippen LogP contribution in [0.25, 0.3) is 0 Å². The van der Waals surface area contributed by atoms with Gasteiger partial charge < -0.3 is 14.8 Å². The normalized spacial score (nSPS) is 22.9. The van der Waals surface area contributed by atoms with Gasteiger partial charge in [0.2, 0.25) is 0 Å². The largest absolute Gasteiger partial charge is 0.486 e. The molecule has 5 rings (SSSR count). The Balaban J connectivity index is 1.47. The summed E-state index contributed by atoms with van der Waals surface area (Å²) in [5, 5.41) is 3.34. The number of aryl methyl sites for hydroxylation is 1. The molecule has 1 N–H and O–H groups in total. The van der Waals surface area contributed by atoms with Crippen LogP contribution in [0.5, 0.6) is 11.5 Å². The molecule has 2 heterocycles. The number of fused-ring (bicyclic) bond motifs is 3. The van der Waals surface area contributed by atoms with Crippen molar-refractivity contribution < 1.29 is 19.1 Å². The van der Waals surface area contributed by atoms with Crippen molar-refractivity contribution in [2.24, 2.45) is 0 Å². The highest BCUT2D eigenvalue weighted by Crippen LogP contribution is 2.43. The zero-order valence-electron chi connectivity index (χ0n) is 14.5. The van der Waals surface area contributed by atoms with Crippen LogP contribution in [-0.4, -0.2) is 30.1 Å². The first-order valence-electron chi connectivity index (χ1n) is 8.89. The van der Waals surface area contributed by atoms with Gasteiger partial charge in [0.1, 0.15) is 18.8 Å². The van der Waals surface area contributed by atoms with Gasteiger partial charge in [0.25, 0.3) is 5.91 Å². The van der Waals surface area contributed by atoms with Gasteiger partial charge in [0.15, 0.2) is 11.5 Å². The predicted octanol–water partition coefficient (Wildman–Crippen LogP) is 3.00. The maximum absolute atomic E-state index is 13.2. The molecule has 3 aliphatic rings. The molecular weight excluding hydrogens is 368 g/mol. The Morgan fingerprint density at radius 1 is 1.15 bits per heavy atom. The fraction of sp³-hybridized carbons (Fsp3) is 0.300. The van der Waals surface area contributed by atoms with Crippen molar-refractivity contribution in [3.63, 3.8) is 0 Å². The summed E-state index contributed by atoms with van der Waals surface area (Å²) in [6.45, 7) is 1.02. The van der Waals surface area contributed by atoms with Crippen molar-refractivity contribution >= 4 is 23.5 Å². The lowest BCUT2D eigenvalue weighted by molar-refractivity contribution is -0.132. The van der Waals surface area contributed by atoms with Gasteiger partial charge in [0.05, 0.1) is 11.6 Å². The van der Waals surface area contributed by atoms with Gasteiger partial charge in [-0.2, -0.15) is 0 Å². The van der Waals surface area contributed by atoms with Gasteiger partial charge in [-0.25, -0.2) is 4.79 Å². The first-order valence-corrected chi connectivity index (χ1v) is 9.27. The smallest absolute Gasteiger partial charge is 0.325 e. The molecule has 0 saturated carbocycles. The van der Waals surface area contributed by atoms with Crippen LogP contribution in [0.4, 0.5) is 4.79 Å². The fourth-order valence-electron chi connectivity index (χ4n) is 4.17. The van der Waals surface area contributed by atoms with Gasteiger partial charge in [0, 0.05) is 0 Å². The zero-order valence-corrected chi connectivity index (χ0v) is 15.2. The third kappa shape index (κ3) is 2.40. The number of halogens is 1. The van der Waals surface area contributed by atoms with E-state index in [2.05, 4.69) is 5.32 Å². The molecule has 2 aromatic rings. The number of amides is 3. The van der Waals surface area contributed by atoms with Crippen molar-refractivity contribution in [1.82, 2.24) is 10.2 Å². The summed E-state index contributed by atoms with van der Waals surface area (Å²) in [5.74, 6) is 0.824. The molecule has 0 aromatic heterocycles. The fourth-order valence-corrected chi connectivity index (χ4v) is 4.46. The predicted molar refractivity (Wildman–Crippen MR) is 98.0 cm³/mol. The topological polar surface area (TPSA) is 67.9 Å². The summed E-state index contributed by atoms with van der Waals surface area (Å²) in [7, 11) is 0. The van der Waals surface area contributed by atoms with Crippen molar-refractivity contribution in [3.8, 4) is 11.5 Å². The summed E-state index contributed by atoms with van der Waals surface area (Å²) >= 11 is 6.28. The molecule has 1 saturated heterocycles. The number of nitrogens with one attached hydrogen (secondary N) is 1. The maximum Gasteiger partial charge on any atom is 0.325 e. The Kier molecular flexibility index (Phi) is 3.59. The van der Waals surface area contributed by atoms with Crippen molar-refractivity contribution in [3.05, 3.63) is 58.1 Å². The van der Waals surface area contributed by atoms with Crippen molar-refractivity contribution in [2.75, 3.05) is 13.2 Å². The number of urea groups is 1. The third-order valence-corrected chi connectivity index (χ3v) is 5.70. The Morgan fingerprint density at radius 2 is 1.96 bits per heavy atom. The molecule has 0 radical (unpaired) electrons. The highest BCUT2D eigenvalue weighted by atomic mass is 35.5. The average molecular weight is 385 g/mol. The molecule has 1 atom stereocenters. The molecular formula is C20H17ClN2O4. The molecule has 1 spiro atoms. The lowest BCUT2D eigenvalue weighted by atomic mass is 9.92. The molecule has 7 heteroatoms. The molecule has 1 aliphatic carbocycles. The lowest BCUT2D eigenvalue weighted by Crippen LogP contribution is -2.41. The van der Waals surface area contributed by atoms with Crippen LogP contribution in [0.15, 0.2) is 36.4 Å². The van der Waals surface area contributed by atoms with E-state index in [0.29, 0.717) is 36.2 Å². The van der Waals surface area contributed by atoms with Crippen LogP contribution in [-0.2, 0) is 23.3 Å². The van der Waals surface area contributed by atoms with Gasteiger partial charge >= 0.3 is 6.03 Å². The molecule has 2 aromatic carbocycles. The second-order valence-corrected chi connectivity index (χ2v) is 7.39. The molecule has 0 unspecified atom stereocenters. The summed E-state index contributed by atoms with van der Waals surface area (Å²) in [6.07, 6.45) is 1.35. The number of hydrogen-bond donors (Lipinski definition) is 1. The summed E-state index contributed by atoms with van der Waals surface area (Å²) < 4.78 is 11.1. The third-order valence-electron chi connectivity index (χ3n) is 5.42. The van der Waals surface area contributed by atoms with Gasteiger partial charge in [-0.15, -0.1) is 0 Å². The number of hydrogen-bond acceptors (Lipinski definition) is 4. The quantitative estimate of drug-likeness (QED) is 0.808. The van der Waals surface area contributed by atoms with E-state index in [1.165, 1.54) is 4.90 Å². The number of benzene rings is 2. The standard InChI is InChI=1S/C20H17ClN2O4/c21-15-9-12(10-16-17(15)27-8-7-26-16)11-23-18(24)20(22-19(23)25)6-5-13-3-1-2-4-14(13)20/h1-4,9-10H,5-8,11H2,(H,22,25)/t20-/m1/s1. The van der Waals surface area contributed by atoms with Gasteiger partial charge in [-0.1, -0.05) is 35.9 Å². The monoisotopic (exact) mass is 384 g/mol. The maximum atomic E-state index is 13.2. The van der Waals surface area contributed by atoms with E-state index in [1.54, 1.807) is 12.1 Å². The second-order valence-electron chi connectivity index (χ2n) is 6.99. The second kappa shape index (κ2) is 5.89. The number of nitrogens with zero attached hydrogens (tertiary/aromatic N) is 1. The van der Waals surface area contributed by atoms with Gasteiger partial charge in [-0.3, -0.25) is 9.69 Å². The van der Waals surface area contributed by atoms with Crippen LogP contribution < -0.4 is 14.8 Å². The highest BCUT2D eigenvalue weighted by Gasteiger charge is 2.55. The number of ether oxygens (including phenoxy) is 2. The van der Waals surface area contributed by atoms with Crippen LogP contribution >= 0.6 is 11.6 Å². The Bertz CT molecular complexity index is 976. The van der Waals surface area contributed by atoms with E-state index in [-0.39, 0.29) is 18.5 Å². The molecule has 3 amide bonds. The Hall–Kier alpha value is -2.73. The van der Waals surface area contributed by atoms with Crippen molar-refractivity contribution in [2.45, 2.75) is 24.9 Å². The Morgan fingerprint density at radius 3 is 2.85 bits per heavy atom. The van der Waals surface area contributed by atoms with E-state index in [9.17, 15) is 9.59 Å². The van der Waals surface area contributed by atoms with E-state index < -0.39 is 5.54 Å². The molecule has 0 bridgehead atoms. The lowest BCUT2D eigenvalue weighted by Gasteiger charge is -2.23. The van der Waals surface area contributed by atoms with Crippen LogP contribution in [0.1, 0.15) is 23.1 Å². The molecule has 27 heavy (non-hydrogen) atoms. The SMILES string of the molecule is O=C1N[C@@]2(CCc3ccccc32)C(=O)N1Cc1cc(Cl)c2c(c1)OCCO2. The summed E-state index contributed by atoms with van der Waals surface area (Å²) in [4.78, 5) is 27.1. The van der Waals surface area contributed by atoms with Gasteiger partial charge in [-0.05, 0) is 41.7 Å². The van der Waals surface area contributed by atoms with E-state index in [1.807, 2.05) is 24.3 Å². The minimum atomic E-state index is -0.953. The minimum Gasteiger partial charge on any atom is -0.486 e. The van der Waals surface area contributed by atoms with Crippen LogP contribution in [0.3, 0.4) is 0 Å². The summed E-state index contributed by atoms with van der Waals surface area (Å²) in [6, 6.07) is 10.9. The Labute approximate surface area is 161 Å².